The van der Waals surface area contributed by atoms with Gasteiger partial charge in [0.25, 0.3) is 11.8 Å². The fourth-order valence-corrected chi connectivity index (χ4v) is 3.16. The number of esters is 1. The molecule has 3 N–H and O–H groups in total. The molecule has 3 amide bonds. The van der Waals surface area contributed by atoms with E-state index in [1.54, 1.807) is 14.0 Å². The molecule has 0 atom stereocenters. The van der Waals surface area contributed by atoms with Gasteiger partial charge in [-0.1, -0.05) is 0 Å². The smallest absolute Gasteiger partial charge is 0.382 e. The van der Waals surface area contributed by atoms with Gasteiger partial charge in [0, 0.05) is 40.1 Å². The van der Waals surface area contributed by atoms with Crippen molar-refractivity contribution in [3.63, 3.8) is 0 Å². The number of carbonyl (C=O) groups excluding carboxylic acids is 4. The molecule has 3 aromatic rings. The highest BCUT2D eigenvalue weighted by Gasteiger charge is 2.25. The molecule has 0 unspecified atom stereocenters. The lowest BCUT2D eigenvalue weighted by molar-refractivity contribution is -0.389. The number of hydrogen-bond acceptors (Lipinski definition) is 10. The van der Waals surface area contributed by atoms with Crippen molar-refractivity contribution in [2.75, 3.05) is 23.8 Å². The Balaban J connectivity index is 1.64. The van der Waals surface area contributed by atoms with Gasteiger partial charge in [0.1, 0.15) is 6.20 Å². The number of carbonyl (C=O) groups is 4. The summed E-state index contributed by atoms with van der Waals surface area (Å²) in [5.41, 5.74) is 0. The number of anilines is 2. The van der Waals surface area contributed by atoms with Crippen LogP contribution in [-0.2, 0) is 30.7 Å². The monoisotopic (exact) mass is 516 g/mol. The molecule has 0 spiro atoms. The summed E-state index contributed by atoms with van der Waals surface area (Å²) in [6.07, 6.45) is 3.87. The Morgan fingerprint density at radius 1 is 0.865 bits per heavy atom. The highest BCUT2D eigenvalue weighted by molar-refractivity contribution is 6.04. The largest absolute Gasteiger partial charge is 0.466 e. The number of ether oxygens (including phenoxy) is 1. The van der Waals surface area contributed by atoms with E-state index in [-0.39, 0.29) is 48.7 Å². The zero-order chi connectivity index (χ0) is 27.3. The van der Waals surface area contributed by atoms with Crippen molar-refractivity contribution in [2.24, 2.45) is 21.1 Å². The number of amides is 3. The van der Waals surface area contributed by atoms with Crippen LogP contribution in [0.4, 0.5) is 17.5 Å². The van der Waals surface area contributed by atoms with Crippen molar-refractivity contribution in [3.8, 4) is 0 Å². The molecule has 0 bridgehead atoms. The van der Waals surface area contributed by atoms with Crippen LogP contribution in [0.25, 0.3) is 0 Å². The summed E-state index contributed by atoms with van der Waals surface area (Å²) in [7, 11) is 4.50. The molecule has 0 aliphatic heterocycles. The minimum Gasteiger partial charge on any atom is -0.466 e. The zero-order valence-corrected chi connectivity index (χ0v) is 20.3. The molecule has 196 valence electrons. The lowest BCUT2D eigenvalue weighted by Crippen LogP contribution is -2.28. The van der Waals surface area contributed by atoms with E-state index < -0.39 is 34.4 Å². The lowest BCUT2D eigenvalue weighted by Gasteiger charge is -2.04. The van der Waals surface area contributed by atoms with E-state index in [0.29, 0.717) is 0 Å². The maximum absolute atomic E-state index is 12.7. The van der Waals surface area contributed by atoms with Gasteiger partial charge in [-0.25, -0.2) is 9.97 Å². The maximum Gasteiger partial charge on any atom is 0.382 e. The summed E-state index contributed by atoms with van der Waals surface area (Å²) >= 11 is 0. The first-order valence-corrected chi connectivity index (χ1v) is 10.8. The van der Waals surface area contributed by atoms with E-state index in [0.717, 1.165) is 6.20 Å². The van der Waals surface area contributed by atoms with Gasteiger partial charge in [-0.3, -0.25) is 19.2 Å². The normalized spacial score (nSPS) is 10.6. The second-order valence-corrected chi connectivity index (χ2v) is 7.63. The quantitative estimate of drug-likeness (QED) is 0.186. The van der Waals surface area contributed by atoms with Crippen molar-refractivity contribution >= 4 is 41.1 Å². The van der Waals surface area contributed by atoms with E-state index in [4.69, 9.17) is 4.74 Å². The number of rotatable bonds is 10. The number of nitrogens with zero attached hydrogens (tertiary/aromatic N) is 7. The second kappa shape index (κ2) is 11.1. The number of aryl methyl sites for hydroxylation is 3. The first kappa shape index (κ1) is 26.5. The minimum absolute atomic E-state index is 0.00264. The van der Waals surface area contributed by atoms with E-state index in [1.165, 1.54) is 40.2 Å². The molecule has 0 saturated heterocycles. The van der Waals surface area contributed by atoms with Crippen LogP contribution in [0.2, 0.25) is 0 Å². The molecule has 37 heavy (non-hydrogen) atoms. The first-order chi connectivity index (χ1) is 17.5. The summed E-state index contributed by atoms with van der Waals surface area (Å²) in [4.78, 5) is 70.9. The molecule has 3 rings (SSSR count). The lowest BCUT2D eigenvalue weighted by atomic mass is 10.4. The van der Waals surface area contributed by atoms with E-state index in [9.17, 15) is 29.3 Å². The Morgan fingerprint density at radius 2 is 1.35 bits per heavy atom. The number of aromatic nitrogens is 6. The van der Waals surface area contributed by atoms with Gasteiger partial charge in [0.05, 0.1) is 13.0 Å². The molecular weight excluding hydrogens is 492 g/mol. The van der Waals surface area contributed by atoms with Crippen molar-refractivity contribution in [3.05, 3.63) is 46.2 Å². The Labute approximate surface area is 209 Å². The van der Waals surface area contributed by atoms with Crippen molar-refractivity contribution < 1.29 is 28.8 Å². The fraction of sp³-hybridized carbons (Fsp3) is 0.350. The molecule has 17 nitrogen and oxygen atoms in total. The predicted molar refractivity (Wildman–Crippen MR) is 126 cm³/mol. The minimum atomic E-state index is -0.760. The Hall–Kier alpha value is -5.09. The van der Waals surface area contributed by atoms with E-state index in [1.807, 2.05) is 0 Å². The highest BCUT2D eigenvalue weighted by atomic mass is 16.6. The fourth-order valence-electron chi connectivity index (χ4n) is 3.16. The Bertz CT molecular complexity index is 1370. The molecule has 0 aliphatic carbocycles. The number of nitro groups is 1. The SMILES string of the molecule is CCOC(=O)CCNC(=O)c1nc(NC(=O)c2nc(NC(=O)c3nc([N+](=O)[O-])cn3C)cn2C)cn1C. The Kier molecular flexibility index (Phi) is 7.95. The molecule has 3 heterocycles. The average Bonchev–Trinajstić information content (AvgIpc) is 3.50. The van der Waals surface area contributed by atoms with Gasteiger partial charge in [-0.15, -0.1) is 0 Å². The number of nitrogens with one attached hydrogen (secondary N) is 3. The third-order valence-corrected chi connectivity index (χ3v) is 4.82. The molecular formula is C20H24N10O7. The van der Waals surface area contributed by atoms with Crippen LogP contribution in [0.3, 0.4) is 0 Å². The van der Waals surface area contributed by atoms with E-state index in [2.05, 4.69) is 30.9 Å². The number of hydrogen-bond donors (Lipinski definition) is 3. The second-order valence-electron chi connectivity index (χ2n) is 7.63. The summed E-state index contributed by atoms with van der Waals surface area (Å²) in [5, 5.41) is 18.4. The molecule has 0 aliphatic rings. The molecule has 0 fully saturated rings. The van der Waals surface area contributed by atoms with Crippen molar-refractivity contribution in [1.29, 1.82) is 0 Å². The van der Waals surface area contributed by atoms with Gasteiger partial charge < -0.3 is 44.5 Å². The van der Waals surface area contributed by atoms with Gasteiger partial charge in [-0.2, -0.15) is 0 Å². The van der Waals surface area contributed by atoms with E-state index >= 15 is 0 Å². The molecule has 0 saturated carbocycles. The third kappa shape index (κ3) is 6.32. The first-order valence-electron chi connectivity index (χ1n) is 10.8. The molecule has 17 heteroatoms. The van der Waals surface area contributed by atoms with Gasteiger partial charge in [-0.05, 0) is 16.8 Å². The van der Waals surface area contributed by atoms with Gasteiger partial charge >= 0.3 is 23.5 Å². The van der Waals surface area contributed by atoms with Gasteiger partial charge in [0.2, 0.25) is 11.6 Å². The van der Waals surface area contributed by atoms with Crippen LogP contribution in [-0.4, -0.2) is 70.4 Å². The van der Waals surface area contributed by atoms with Crippen LogP contribution in [0.5, 0.6) is 0 Å². The zero-order valence-electron chi connectivity index (χ0n) is 20.3. The summed E-state index contributed by atoms with van der Waals surface area (Å²) in [6, 6.07) is 0. The van der Waals surface area contributed by atoms with Crippen LogP contribution in [0.1, 0.15) is 45.2 Å². The van der Waals surface area contributed by atoms with Gasteiger partial charge in [0.15, 0.2) is 11.6 Å². The standard InChI is InChI=1S/C20H24N10O7/c1-5-37-14(31)6-7-21-18(32)15-22-11(8-27(15)2)24-19(33)16-23-12(9-28(16)3)25-20(34)17-26-13(30(35)36)10-29(17)4/h8-10H,5-7H2,1-4H3,(H,21,32)(H,24,33)(H,25,34). The van der Waals surface area contributed by atoms with Crippen molar-refractivity contribution in [1.82, 2.24) is 34.0 Å². The average molecular weight is 516 g/mol. The van der Waals surface area contributed by atoms with Crippen molar-refractivity contribution in [2.45, 2.75) is 13.3 Å². The molecule has 3 aromatic heterocycles. The predicted octanol–water partition coefficient (Wildman–Crippen LogP) is -0.0171. The molecule has 0 aromatic carbocycles. The summed E-state index contributed by atoms with van der Waals surface area (Å²) in [6.45, 7) is 1.98. The van der Waals surface area contributed by atoms with Crippen LogP contribution in [0.15, 0.2) is 18.6 Å². The molecule has 0 radical (unpaired) electrons. The van der Waals surface area contributed by atoms with Crippen LogP contribution in [0, 0.1) is 10.1 Å². The Morgan fingerprint density at radius 3 is 1.84 bits per heavy atom. The topological polar surface area (TPSA) is 210 Å². The van der Waals surface area contributed by atoms with Crippen LogP contribution < -0.4 is 16.0 Å². The summed E-state index contributed by atoms with van der Waals surface area (Å²) < 4.78 is 8.72. The maximum atomic E-state index is 12.7. The van der Waals surface area contributed by atoms with Crippen LogP contribution >= 0.6 is 0 Å². The highest BCUT2D eigenvalue weighted by Crippen LogP contribution is 2.14. The third-order valence-electron chi connectivity index (χ3n) is 4.82. The summed E-state index contributed by atoms with van der Waals surface area (Å²) in [5.74, 6) is -3.16. The number of imidazole rings is 3.